The van der Waals surface area contributed by atoms with E-state index in [9.17, 15) is 4.79 Å². The lowest BCUT2D eigenvalue weighted by Gasteiger charge is -2.25. The molecule has 0 atom stereocenters. The van der Waals surface area contributed by atoms with Crippen LogP contribution in [-0.2, 0) is 4.79 Å². The summed E-state index contributed by atoms with van der Waals surface area (Å²) in [7, 11) is 0. The van der Waals surface area contributed by atoms with Gasteiger partial charge in [0.05, 0.1) is 13.0 Å². The zero-order valence-electron chi connectivity index (χ0n) is 12.0. The fourth-order valence-electron chi connectivity index (χ4n) is 1.95. The molecule has 4 heteroatoms. The van der Waals surface area contributed by atoms with Crippen LogP contribution in [0.1, 0.15) is 40.0 Å². The minimum absolute atomic E-state index is 0.0221. The fraction of sp³-hybridized carbons (Fsp3) is 0.533. The van der Waals surface area contributed by atoms with Crippen LogP contribution in [0.15, 0.2) is 24.3 Å². The number of carbonyl (C=O) groups is 1. The zero-order chi connectivity index (χ0) is 14.3. The maximum atomic E-state index is 11.8. The van der Waals surface area contributed by atoms with Crippen LogP contribution in [0.25, 0.3) is 0 Å². The van der Waals surface area contributed by atoms with E-state index in [0.717, 1.165) is 18.6 Å². The molecule has 0 aliphatic rings. The molecule has 0 aliphatic carbocycles. The van der Waals surface area contributed by atoms with Gasteiger partial charge in [-0.1, -0.05) is 13.3 Å². The lowest BCUT2D eigenvalue weighted by Crippen LogP contribution is -2.43. The van der Waals surface area contributed by atoms with Gasteiger partial charge in [0.1, 0.15) is 5.75 Å². The van der Waals surface area contributed by atoms with Crippen LogP contribution >= 0.6 is 0 Å². The Labute approximate surface area is 115 Å². The normalized spacial score (nSPS) is 11.1. The lowest BCUT2D eigenvalue weighted by molar-refractivity contribution is -0.123. The molecule has 1 amide bonds. The number of nitrogens with one attached hydrogen (secondary N) is 1. The number of hydrogen-bond acceptors (Lipinski definition) is 3. The Kier molecular flexibility index (Phi) is 5.67. The molecule has 0 saturated heterocycles. The molecule has 0 aromatic heterocycles. The first-order valence-corrected chi connectivity index (χ1v) is 6.72. The molecular weight excluding hydrogens is 240 g/mol. The molecule has 0 aliphatic heterocycles. The van der Waals surface area contributed by atoms with Gasteiger partial charge in [0.25, 0.3) is 0 Å². The number of hydrogen-bond donors (Lipinski definition) is 2. The maximum absolute atomic E-state index is 11.8. The number of anilines is 1. The van der Waals surface area contributed by atoms with Gasteiger partial charge in [0, 0.05) is 11.2 Å². The number of benzene rings is 1. The third kappa shape index (κ3) is 6.13. The van der Waals surface area contributed by atoms with E-state index in [2.05, 4.69) is 12.2 Å². The Bertz CT molecular complexity index is 399. The molecular formula is C15H24N2O2. The molecule has 0 radical (unpaired) electrons. The van der Waals surface area contributed by atoms with Crippen molar-refractivity contribution in [3.8, 4) is 5.75 Å². The molecule has 0 fully saturated rings. The molecule has 0 heterocycles. The molecule has 106 valence electrons. The van der Waals surface area contributed by atoms with Gasteiger partial charge in [-0.25, -0.2) is 0 Å². The lowest BCUT2D eigenvalue weighted by atomic mass is 9.99. The van der Waals surface area contributed by atoms with Gasteiger partial charge in [-0.05, 0) is 44.5 Å². The highest BCUT2D eigenvalue weighted by atomic mass is 16.5. The Balaban J connectivity index is 2.29. The summed E-state index contributed by atoms with van der Waals surface area (Å²) in [6.45, 7) is 6.56. The minimum Gasteiger partial charge on any atom is -0.493 e. The second-order valence-corrected chi connectivity index (χ2v) is 5.35. The summed E-state index contributed by atoms with van der Waals surface area (Å²) in [6, 6.07) is 7.15. The molecule has 0 spiro atoms. The van der Waals surface area contributed by atoms with Crippen molar-refractivity contribution in [2.45, 2.75) is 45.6 Å². The Morgan fingerprint density at radius 1 is 1.32 bits per heavy atom. The third-order valence-corrected chi connectivity index (χ3v) is 2.83. The molecule has 1 rings (SSSR count). The van der Waals surface area contributed by atoms with E-state index in [1.807, 2.05) is 13.8 Å². The highest BCUT2D eigenvalue weighted by molar-refractivity contribution is 5.76. The summed E-state index contributed by atoms with van der Waals surface area (Å²) >= 11 is 0. The number of nitrogens with two attached hydrogens (primary N) is 1. The van der Waals surface area contributed by atoms with E-state index >= 15 is 0 Å². The van der Waals surface area contributed by atoms with Crippen LogP contribution in [0.4, 0.5) is 5.69 Å². The zero-order valence-corrected chi connectivity index (χ0v) is 12.0. The average molecular weight is 264 g/mol. The first-order chi connectivity index (χ1) is 8.93. The molecule has 0 saturated carbocycles. The second kappa shape index (κ2) is 7.02. The topological polar surface area (TPSA) is 64.3 Å². The number of rotatable bonds is 7. The molecule has 19 heavy (non-hydrogen) atoms. The van der Waals surface area contributed by atoms with Crippen molar-refractivity contribution in [2.75, 3.05) is 12.3 Å². The predicted octanol–water partition coefficient (Wildman–Crippen LogP) is 2.73. The molecule has 1 aromatic rings. The van der Waals surface area contributed by atoms with Crippen LogP contribution in [0.5, 0.6) is 5.75 Å². The number of amides is 1. The summed E-state index contributed by atoms with van der Waals surface area (Å²) in [6.07, 6.45) is 2.38. The van der Waals surface area contributed by atoms with Gasteiger partial charge in [-0.15, -0.1) is 0 Å². The van der Waals surface area contributed by atoms with Gasteiger partial charge >= 0.3 is 0 Å². The highest BCUT2D eigenvalue weighted by Gasteiger charge is 2.18. The molecule has 0 unspecified atom stereocenters. The maximum Gasteiger partial charge on any atom is 0.223 e. The van der Waals surface area contributed by atoms with Crippen molar-refractivity contribution in [3.05, 3.63) is 24.3 Å². The van der Waals surface area contributed by atoms with Crippen LogP contribution in [-0.4, -0.2) is 18.1 Å². The summed E-state index contributed by atoms with van der Waals surface area (Å²) < 4.78 is 5.49. The van der Waals surface area contributed by atoms with E-state index in [4.69, 9.17) is 10.5 Å². The van der Waals surface area contributed by atoms with E-state index in [0.29, 0.717) is 18.7 Å². The van der Waals surface area contributed by atoms with E-state index in [-0.39, 0.29) is 11.4 Å². The smallest absolute Gasteiger partial charge is 0.223 e. The summed E-state index contributed by atoms with van der Waals surface area (Å²) in [5.74, 6) is 0.753. The second-order valence-electron chi connectivity index (χ2n) is 5.35. The number of carbonyl (C=O) groups excluding carboxylic acids is 1. The van der Waals surface area contributed by atoms with Gasteiger partial charge in [-0.3, -0.25) is 4.79 Å². The summed E-state index contributed by atoms with van der Waals surface area (Å²) in [5.41, 5.74) is 6.14. The predicted molar refractivity (Wildman–Crippen MR) is 78.1 cm³/mol. The monoisotopic (exact) mass is 264 g/mol. The van der Waals surface area contributed by atoms with Crippen molar-refractivity contribution in [1.82, 2.24) is 5.32 Å². The fourth-order valence-corrected chi connectivity index (χ4v) is 1.95. The Morgan fingerprint density at radius 2 is 1.95 bits per heavy atom. The summed E-state index contributed by atoms with van der Waals surface area (Å²) in [4.78, 5) is 11.8. The van der Waals surface area contributed by atoms with Crippen molar-refractivity contribution in [2.24, 2.45) is 0 Å². The number of ether oxygens (including phenoxy) is 1. The highest BCUT2D eigenvalue weighted by Crippen LogP contribution is 2.14. The van der Waals surface area contributed by atoms with Gasteiger partial charge in [0.15, 0.2) is 0 Å². The van der Waals surface area contributed by atoms with Gasteiger partial charge < -0.3 is 15.8 Å². The molecule has 3 N–H and O–H groups in total. The average Bonchev–Trinajstić information content (AvgIpc) is 2.30. The quantitative estimate of drug-likeness (QED) is 0.744. The van der Waals surface area contributed by atoms with Crippen molar-refractivity contribution < 1.29 is 9.53 Å². The van der Waals surface area contributed by atoms with Crippen LogP contribution < -0.4 is 15.8 Å². The first-order valence-electron chi connectivity index (χ1n) is 6.72. The van der Waals surface area contributed by atoms with Gasteiger partial charge in [0.2, 0.25) is 5.91 Å². The van der Waals surface area contributed by atoms with Crippen LogP contribution in [0.3, 0.4) is 0 Å². The number of nitrogen functional groups attached to an aromatic ring is 1. The third-order valence-electron chi connectivity index (χ3n) is 2.83. The molecule has 1 aromatic carbocycles. The molecule has 4 nitrogen and oxygen atoms in total. The van der Waals surface area contributed by atoms with Crippen LogP contribution in [0, 0.1) is 0 Å². The molecule has 0 bridgehead atoms. The first kappa shape index (κ1) is 15.3. The SMILES string of the molecule is CCCC(C)(C)NC(=O)CCOc1ccc(N)cc1. The standard InChI is InChI=1S/C15H24N2O2/c1-4-10-15(2,3)17-14(18)9-11-19-13-7-5-12(16)6-8-13/h5-8H,4,9-11,16H2,1-3H3,(H,17,18). The van der Waals surface area contributed by atoms with Gasteiger partial charge in [-0.2, -0.15) is 0 Å². The van der Waals surface area contributed by atoms with E-state index in [1.165, 1.54) is 0 Å². The van der Waals surface area contributed by atoms with Crippen molar-refractivity contribution in [1.29, 1.82) is 0 Å². The largest absolute Gasteiger partial charge is 0.493 e. The van der Waals surface area contributed by atoms with Crippen molar-refractivity contribution >= 4 is 11.6 Å². The van der Waals surface area contributed by atoms with Crippen molar-refractivity contribution in [3.63, 3.8) is 0 Å². The van der Waals surface area contributed by atoms with Crippen LogP contribution in [0.2, 0.25) is 0 Å². The Morgan fingerprint density at radius 3 is 2.53 bits per heavy atom. The van der Waals surface area contributed by atoms with E-state index in [1.54, 1.807) is 24.3 Å². The summed E-state index contributed by atoms with van der Waals surface area (Å²) in [5, 5.41) is 3.01. The Hall–Kier alpha value is -1.71. The minimum atomic E-state index is -0.146. The van der Waals surface area contributed by atoms with E-state index < -0.39 is 0 Å².